The van der Waals surface area contributed by atoms with Gasteiger partial charge in [0, 0.05) is 5.54 Å². The van der Waals surface area contributed by atoms with E-state index in [1.165, 1.54) is 18.4 Å². The van der Waals surface area contributed by atoms with Crippen molar-refractivity contribution in [3.05, 3.63) is 28.3 Å². The van der Waals surface area contributed by atoms with Crippen molar-refractivity contribution in [2.75, 3.05) is 0 Å². The normalized spacial score (nSPS) is 19.0. The van der Waals surface area contributed by atoms with Crippen molar-refractivity contribution >= 4 is 0 Å². The fourth-order valence-electron chi connectivity index (χ4n) is 2.86. The number of rotatable bonds is 1. The molecule has 1 saturated carbocycles. The van der Waals surface area contributed by atoms with Gasteiger partial charge in [-0.1, -0.05) is 18.9 Å². The maximum Gasteiger partial charge on any atom is 0.121 e. The van der Waals surface area contributed by atoms with Gasteiger partial charge in [-0.2, -0.15) is 0 Å². The number of benzene rings is 1. The Balaban J connectivity index is 2.57. The standard InChI is InChI=1S/C14H21NO/c1-9-8-12(10(2)11(3)13(9)16)14(15)6-4-5-7-14/h8,16H,4-7,15H2,1-3H3. The zero-order chi connectivity index (χ0) is 11.9. The monoisotopic (exact) mass is 219 g/mol. The van der Waals surface area contributed by atoms with Crippen LogP contribution in [-0.4, -0.2) is 5.11 Å². The van der Waals surface area contributed by atoms with Gasteiger partial charge in [0.2, 0.25) is 0 Å². The molecule has 88 valence electrons. The summed E-state index contributed by atoms with van der Waals surface area (Å²) >= 11 is 0. The Bertz CT molecular complexity index is 417. The van der Waals surface area contributed by atoms with Gasteiger partial charge in [-0.25, -0.2) is 0 Å². The van der Waals surface area contributed by atoms with E-state index in [4.69, 9.17) is 5.73 Å². The molecule has 2 nitrogen and oxygen atoms in total. The van der Waals surface area contributed by atoms with E-state index in [9.17, 15) is 5.11 Å². The summed E-state index contributed by atoms with van der Waals surface area (Å²) in [7, 11) is 0. The minimum absolute atomic E-state index is 0.159. The minimum Gasteiger partial charge on any atom is -0.507 e. The third kappa shape index (κ3) is 1.61. The van der Waals surface area contributed by atoms with Gasteiger partial charge in [0.1, 0.15) is 5.75 Å². The van der Waals surface area contributed by atoms with E-state index in [1.807, 2.05) is 13.8 Å². The molecule has 0 unspecified atom stereocenters. The lowest BCUT2D eigenvalue weighted by Gasteiger charge is -2.28. The highest BCUT2D eigenvalue weighted by Crippen LogP contribution is 2.40. The van der Waals surface area contributed by atoms with Crippen molar-refractivity contribution in [3.63, 3.8) is 0 Å². The average molecular weight is 219 g/mol. The molecule has 3 N–H and O–H groups in total. The lowest BCUT2D eigenvalue weighted by atomic mass is 9.83. The van der Waals surface area contributed by atoms with Crippen LogP contribution < -0.4 is 5.73 Å². The number of hydrogen-bond acceptors (Lipinski definition) is 2. The SMILES string of the molecule is Cc1cc(C2(N)CCCC2)c(C)c(C)c1O. The Labute approximate surface area is 97.5 Å². The second-order valence-corrected chi connectivity index (χ2v) is 5.20. The Morgan fingerprint density at radius 3 is 2.25 bits per heavy atom. The molecule has 16 heavy (non-hydrogen) atoms. The van der Waals surface area contributed by atoms with E-state index in [-0.39, 0.29) is 5.54 Å². The summed E-state index contributed by atoms with van der Waals surface area (Å²) in [5.41, 5.74) is 10.6. The van der Waals surface area contributed by atoms with E-state index in [0.717, 1.165) is 29.5 Å². The van der Waals surface area contributed by atoms with Crippen molar-refractivity contribution in [3.8, 4) is 5.75 Å². The minimum atomic E-state index is -0.159. The van der Waals surface area contributed by atoms with Gasteiger partial charge in [0.05, 0.1) is 0 Å². The Hall–Kier alpha value is -1.02. The maximum atomic E-state index is 9.90. The highest BCUT2D eigenvalue weighted by molar-refractivity contribution is 5.50. The van der Waals surface area contributed by atoms with E-state index < -0.39 is 0 Å². The van der Waals surface area contributed by atoms with Gasteiger partial charge >= 0.3 is 0 Å². The number of nitrogens with two attached hydrogens (primary N) is 1. The quantitative estimate of drug-likeness (QED) is 0.762. The molecule has 0 spiro atoms. The van der Waals surface area contributed by atoms with Crippen LogP contribution in [0.5, 0.6) is 5.75 Å². The molecule has 1 aromatic rings. The molecule has 0 aromatic heterocycles. The number of phenols is 1. The van der Waals surface area contributed by atoms with Crippen LogP contribution in [0.3, 0.4) is 0 Å². The summed E-state index contributed by atoms with van der Waals surface area (Å²) in [4.78, 5) is 0. The molecular weight excluding hydrogens is 198 g/mol. The van der Waals surface area contributed by atoms with Crippen LogP contribution in [0.2, 0.25) is 0 Å². The third-order valence-electron chi connectivity index (χ3n) is 4.09. The lowest BCUT2D eigenvalue weighted by Crippen LogP contribution is -2.34. The van der Waals surface area contributed by atoms with E-state index in [1.54, 1.807) is 0 Å². The van der Waals surface area contributed by atoms with Gasteiger partial charge in [-0.15, -0.1) is 0 Å². The topological polar surface area (TPSA) is 46.2 Å². The summed E-state index contributed by atoms with van der Waals surface area (Å²) in [6.07, 6.45) is 4.57. The first kappa shape index (κ1) is 11.5. The predicted octanol–water partition coefficient (Wildman–Crippen LogP) is 3.05. The third-order valence-corrected chi connectivity index (χ3v) is 4.09. The molecule has 1 aromatic carbocycles. The molecule has 0 heterocycles. The Morgan fingerprint density at radius 1 is 1.12 bits per heavy atom. The second-order valence-electron chi connectivity index (χ2n) is 5.20. The molecule has 2 rings (SSSR count). The average Bonchev–Trinajstić information content (AvgIpc) is 2.68. The van der Waals surface area contributed by atoms with Gasteiger partial charge in [-0.05, 0) is 55.9 Å². The smallest absolute Gasteiger partial charge is 0.121 e. The van der Waals surface area contributed by atoms with Crippen molar-refractivity contribution in [1.82, 2.24) is 0 Å². The maximum absolute atomic E-state index is 9.90. The number of hydrogen-bond donors (Lipinski definition) is 2. The molecule has 0 saturated heterocycles. The number of aryl methyl sites for hydroxylation is 1. The van der Waals surface area contributed by atoms with E-state index in [0.29, 0.717) is 5.75 Å². The summed E-state index contributed by atoms with van der Waals surface area (Å²) < 4.78 is 0. The Morgan fingerprint density at radius 2 is 1.69 bits per heavy atom. The predicted molar refractivity (Wildman–Crippen MR) is 66.7 cm³/mol. The van der Waals surface area contributed by atoms with Crippen LogP contribution in [0, 0.1) is 20.8 Å². The highest BCUT2D eigenvalue weighted by Gasteiger charge is 2.33. The van der Waals surface area contributed by atoms with Crippen molar-refractivity contribution in [2.45, 2.75) is 52.0 Å². The van der Waals surface area contributed by atoms with E-state index in [2.05, 4.69) is 13.0 Å². The van der Waals surface area contributed by atoms with Crippen LogP contribution in [0.15, 0.2) is 6.07 Å². The molecule has 0 amide bonds. The zero-order valence-corrected chi connectivity index (χ0v) is 10.4. The first-order valence-corrected chi connectivity index (χ1v) is 6.05. The van der Waals surface area contributed by atoms with Gasteiger partial charge in [-0.3, -0.25) is 0 Å². The molecule has 0 atom stereocenters. The molecule has 1 aliphatic carbocycles. The second kappa shape index (κ2) is 3.77. The Kier molecular flexibility index (Phi) is 2.70. The van der Waals surface area contributed by atoms with Gasteiger partial charge < -0.3 is 10.8 Å². The molecule has 0 radical (unpaired) electrons. The molecule has 2 heteroatoms. The first-order chi connectivity index (χ1) is 7.46. The fourth-order valence-corrected chi connectivity index (χ4v) is 2.86. The highest BCUT2D eigenvalue weighted by atomic mass is 16.3. The van der Waals surface area contributed by atoms with Crippen molar-refractivity contribution in [2.24, 2.45) is 5.73 Å². The molecule has 0 aliphatic heterocycles. The lowest BCUT2D eigenvalue weighted by molar-refractivity contribution is 0.447. The van der Waals surface area contributed by atoms with E-state index >= 15 is 0 Å². The van der Waals surface area contributed by atoms with Crippen LogP contribution in [0.4, 0.5) is 0 Å². The van der Waals surface area contributed by atoms with Gasteiger partial charge in [0.25, 0.3) is 0 Å². The molecule has 1 fully saturated rings. The van der Waals surface area contributed by atoms with Crippen LogP contribution in [0.25, 0.3) is 0 Å². The van der Waals surface area contributed by atoms with Crippen molar-refractivity contribution in [1.29, 1.82) is 0 Å². The van der Waals surface area contributed by atoms with Crippen molar-refractivity contribution < 1.29 is 5.11 Å². The first-order valence-electron chi connectivity index (χ1n) is 6.05. The van der Waals surface area contributed by atoms with Crippen LogP contribution in [-0.2, 0) is 5.54 Å². The number of aromatic hydroxyl groups is 1. The zero-order valence-electron chi connectivity index (χ0n) is 10.4. The largest absolute Gasteiger partial charge is 0.507 e. The molecule has 0 bridgehead atoms. The summed E-state index contributed by atoms with van der Waals surface area (Å²) in [5, 5.41) is 9.90. The molecule has 1 aliphatic rings. The summed E-state index contributed by atoms with van der Waals surface area (Å²) in [6.45, 7) is 5.99. The van der Waals surface area contributed by atoms with Crippen LogP contribution >= 0.6 is 0 Å². The number of phenolic OH excluding ortho intramolecular Hbond substituents is 1. The fraction of sp³-hybridized carbons (Fsp3) is 0.571. The van der Waals surface area contributed by atoms with Crippen LogP contribution in [0.1, 0.15) is 47.9 Å². The van der Waals surface area contributed by atoms with Gasteiger partial charge in [0.15, 0.2) is 0 Å². The summed E-state index contributed by atoms with van der Waals surface area (Å²) in [5.74, 6) is 0.419. The molecular formula is C14H21NO. The summed E-state index contributed by atoms with van der Waals surface area (Å²) in [6, 6.07) is 2.07.